The number of hydrogen-bond acceptors (Lipinski definition) is 4. The van der Waals surface area contributed by atoms with Crippen molar-refractivity contribution < 1.29 is 14.3 Å². The molecule has 0 aliphatic carbocycles. The van der Waals surface area contributed by atoms with Crippen molar-refractivity contribution in [3.8, 4) is 5.75 Å². The molecule has 30 heavy (non-hydrogen) atoms. The van der Waals surface area contributed by atoms with Crippen molar-refractivity contribution in [2.75, 3.05) is 5.32 Å². The van der Waals surface area contributed by atoms with Crippen LogP contribution < -0.4 is 10.1 Å². The molecule has 0 atom stereocenters. The van der Waals surface area contributed by atoms with Crippen molar-refractivity contribution in [3.05, 3.63) is 90.3 Å². The maximum Gasteiger partial charge on any atom is 0.244 e. The van der Waals surface area contributed by atoms with E-state index in [0.29, 0.717) is 17.1 Å². The van der Waals surface area contributed by atoms with E-state index >= 15 is 0 Å². The lowest BCUT2D eigenvalue weighted by atomic mass is 10.1. The summed E-state index contributed by atoms with van der Waals surface area (Å²) in [6.45, 7) is 1.82. The number of para-hydroxylation sites is 3. The van der Waals surface area contributed by atoms with Gasteiger partial charge in [-0.05, 0) is 43.3 Å². The second-order valence-electron chi connectivity index (χ2n) is 6.89. The summed E-state index contributed by atoms with van der Waals surface area (Å²) < 4.78 is 7.70. The molecule has 4 rings (SSSR count). The lowest BCUT2D eigenvalue weighted by Crippen LogP contribution is -2.21. The van der Waals surface area contributed by atoms with Gasteiger partial charge in [0.05, 0.1) is 11.0 Å². The zero-order valence-electron chi connectivity index (χ0n) is 16.5. The van der Waals surface area contributed by atoms with Crippen LogP contribution in [0.15, 0.2) is 78.9 Å². The van der Waals surface area contributed by atoms with Gasteiger partial charge in [-0.1, -0.05) is 42.5 Å². The first-order valence-corrected chi connectivity index (χ1v) is 9.63. The molecule has 0 radical (unpaired) electrons. The molecule has 0 aliphatic heterocycles. The first-order valence-electron chi connectivity index (χ1n) is 9.63. The van der Waals surface area contributed by atoms with E-state index in [1.54, 1.807) is 24.3 Å². The average molecular weight is 399 g/mol. The van der Waals surface area contributed by atoms with Crippen molar-refractivity contribution in [1.29, 1.82) is 0 Å². The summed E-state index contributed by atoms with van der Waals surface area (Å²) in [4.78, 5) is 29.0. The number of nitrogens with zero attached hydrogens (tertiary/aromatic N) is 2. The minimum absolute atomic E-state index is 0.0490. The monoisotopic (exact) mass is 399 g/mol. The zero-order chi connectivity index (χ0) is 20.9. The van der Waals surface area contributed by atoms with E-state index in [-0.39, 0.29) is 24.8 Å². The number of ether oxygens (including phenoxy) is 1. The fraction of sp³-hybridized carbons (Fsp3) is 0.125. The Morgan fingerprint density at radius 3 is 2.53 bits per heavy atom. The summed E-state index contributed by atoms with van der Waals surface area (Å²) in [5, 5.41) is 2.86. The van der Waals surface area contributed by atoms with Crippen LogP contribution in [0.1, 0.15) is 23.1 Å². The molecule has 0 bridgehead atoms. The second-order valence-corrected chi connectivity index (χ2v) is 6.89. The van der Waals surface area contributed by atoms with Crippen LogP contribution in [0.5, 0.6) is 5.75 Å². The van der Waals surface area contributed by atoms with Crippen molar-refractivity contribution in [3.63, 3.8) is 0 Å². The number of carbonyl (C=O) groups is 2. The van der Waals surface area contributed by atoms with Gasteiger partial charge in [0.2, 0.25) is 5.91 Å². The number of rotatable bonds is 7. The average Bonchev–Trinajstić information content (AvgIpc) is 3.10. The van der Waals surface area contributed by atoms with Gasteiger partial charge >= 0.3 is 0 Å². The lowest BCUT2D eigenvalue weighted by Gasteiger charge is -2.11. The molecular weight excluding hydrogens is 378 g/mol. The molecule has 1 N–H and O–H groups in total. The number of fused-ring (bicyclic) bond motifs is 1. The Morgan fingerprint density at radius 2 is 1.73 bits per heavy atom. The molecule has 1 aromatic heterocycles. The minimum atomic E-state index is -0.209. The summed E-state index contributed by atoms with van der Waals surface area (Å²) >= 11 is 0. The Balaban J connectivity index is 1.55. The van der Waals surface area contributed by atoms with Crippen molar-refractivity contribution in [1.82, 2.24) is 9.55 Å². The molecule has 0 unspecified atom stereocenters. The summed E-state index contributed by atoms with van der Waals surface area (Å²) in [5.41, 5.74) is 2.80. The number of imidazole rings is 1. The Labute approximate surface area is 174 Å². The zero-order valence-corrected chi connectivity index (χ0v) is 16.5. The highest BCUT2D eigenvalue weighted by Gasteiger charge is 2.15. The largest absolute Gasteiger partial charge is 0.486 e. The minimum Gasteiger partial charge on any atom is -0.486 e. The van der Waals surface area contributed by atoms with Gasteiger partial charge in [0, 0.05) is 11.3 Å². The molecule has 4 aromatic rings. The Kier molecular flexibility index (Phi) is 5.57. The fourth-order valence-electron chi connectivity index (χ4n) is 3.24. The number of nitrogens with one attached hydrogen (secondary N) is 1. The molecule has 0 fully saturated rings. The Hall–Kier alpha value is -3.93. The highest BCUT2D eigenvalue weighted by molar-refractivity contribution is 5.97. The van der Waals surface area contributed by atoms with Crippen LogP contribution in [0.3, 0.4) is 0 Å². The number of benzene rings is 3. The van der Waals surface area contributed by atoms with E-state index in [9.17, 15) is 9.59 Å². The van der Waals surface area contributed by atoms with E-state index in [2.05, 4.69) is 10.3 Å². The van der Waals surface area contributed by atoms with E-state index < -0.39 is 0 Å². The third-order valence-electron chi connectivity index (χ3n) is 4.70. The van der Waals surface area contributed by atoms with Gasteiger partial charge in [-0.2, -0.15) is 0 Å². The predicted molar refractivity (Wildman–Crippen MR) is 116 cm³/mol. The molecule has 0 aliphatic rings. The molecule has 1 amide bonds. The van der Waals surface area contributed by atoms with Crippen LogP contribution in [0, 0.1) is 0 Å². The van der Waals surface area contributed by atoms with E-state index in [0.717, 1.165) is 16.8 Å². The molecule has 0 saturated heterocycles. The van der Waals surface area contributed by atoms with Gasteiger partial charge in [0.1, 0.15) is 24.7 Å². The van der Waals surface area contributed by atoms with Crippen LogP contribution in [0.2, 0.25) is 0 Å². The molecule has 1 heterocycles. The quantitative estimate of drug-likeness (QED) is 0.466. The number of carbonyl (C=O) groups excluding carboxylic acids is 2. The summed E-state index contributed by atoms with van der Waals surface area (Å²) in [7, 11) is 0. The standard InChI is InChI=1S/C24H21N3O3/c1-17(28)18-8-7-9-19(14-18)25-24(29)15-27-22-13-6-5-12-21(22)26-23(27)16-30-20-10-3-2-4-11-20/h2-14H,15-16H2,1H3,(H,25,29). The maximum atomic E-state index is 12.7. The summed E-state index contributed by atoms with van der Waals surface area (Å²) in [5.74, 6) is 1.14. The first-order chi connectivity index (χ1) is 14.6. The number of ketones is 1. The molecule has 0 spiro atoms. The predicted octanol–water partition coefficient (Wildman–Crippen LogP) is 4.46. The number of amides is 1. The van der Waals surface area contributed by atoms with Gasteiger partial charge in [-0.3, -0.25) is 9.59 Å². The normalized spacial score (nSPS) is 10.7. The summed E-state index contributed by atoms with van der Waals surface area (Å²) in [6, 6.07) is 24.0. The van der Waals surface area contributed by atoms with E-state index in [4.69, 9.17) is 4.74 Å². The Morgan fingerprint density at radius 1 is 0.967 bits per heavy atom. The third kappa shape index (κ3) is 4.38. The third-order valence-corrected chi connectivity index (χ3v) is 4.70. The number of Topliss-reactive ketones (excluding diaryl/α,β-unsaturated/α-hetero) is 1. The molecule has 150 valence electrons. The van der Waals surface area contributed by atoms with Crippen LogP contribution in [-0.4, -0.2) is 21.2 Å². The van der Waals surface area contributed by atoms with Crippen molar-refractivity contribution in [2.24, 2.45) is 0 Å². The Bertz CT molecular complexity index is 1200. The van der Waals surface area contributed by atoms with Gasteiger partial charge in [-0.25, -0.2) is 4.98 Å². The maximum absolute atomic E-state index is 12.7. The second kappa shape index (κ2) is 8.61. The molecule has 6 nitrogen and oxygen atoms in total. The molecule has 0 saturated carbocycles. The van der Waals surface area contributed by atoms with E-state index in [1.165, 1.54) is 6.92 Å². The van der Waals surface area contributed by atoms with Gasteiger partial charge in [-0.15, -0.1) is 0 Å². The molecular formula is C24H21N3O3. The summed E-state index contributed by atoms with van der Waals surface area (Å²) in [6.07, 6.45) is 0. The SMILES string of the molecule is CC(=O)c1cccc(NC(=O)Cn2c(COc3ccccc3)nc3ccccc32)c1. The lowest BCUT2D eigenvalue weighted by molar-refractivity contribution is -0.116. The van der Waals surface area contributed by atoms with Crippen LogP contribution in [0.25, 0.3) is 11.0 Å². The topological polar surface area (TPSA) is 73.2 Å². The molecule has 6 heteroatoms. The fourth-order valence-corrected chi connectivity index (χ4v) is 3.24. The highest BCUT2D eigenvalue weighted by atomic mass is 16.5. The van der Waals surface area contributed by atoms with Crippen LogP contribution >= 0.6 is 0 Å². The smallest absolute Gasteiger partial charge is 0.244 e. The number of aromatic nitrogens is 2. The van der Waals surface area contributed by atoms with Crippen LogP contribution in [0.4, 0.5) is 5.69 Å². The van der Waals surface area contributed by atoms with Crippen LogP contribution in [-0.2, 0) is 17.9 Å². The molecule has 3 aromatic carbocycles. The van der Waals surface area contributed by atoms with Crippen molar-refractivity contribution >= 4 is 28.4 Å². The highest BCUT2D eigenvalue weighted by Crippen LogP contribution is 2.19. The van der Waals surface area contributed by atoms with Crippen molar-refractivity contribution in [2.45, 2.75) is 20.1 Å². The first kappa shape index (κ1) is 19.4. The van der Waals surface area contributed by atoms with Gasteiger partial charge in [0.25, 0.3) is 0 Å². The number of anilines is 1. The van der Waals surface area contributed by atoms with Gasteiger partial charge in [0.15, 0.2) is 5.78 Å². The van der Waals surface area contributed by atoms with Gasteiger partial charge < -0.3 is 14.6 Å². The van der Waals surface area contributed by atoms with E-state index in [1.807, 2.05) is 59.2 Å². The number of hydrogen-bond donors (Lipinski definition) is 1.